The smallest absolute Gasteiger partial charge is 0.327 e. The standard InChI is InChI=1S/C26H28N4O5S/c1-26(2)20(25(34)35)30-23(33)19(24(30)36-26)29-22(32)18(14-8-4-3-5-9-14)28-21(31)17-12-15-10-6-7-11-16(15)13-27-17/h3-11,17-20,24,27H,12-13H2,1-2H3,(H,28,31)(H,29,32)(H,34,35)/t17?,18?,19?,20-,24+/m0/s1. The number of benzene rings is 2. The molecule has 3 aliphatic rings. The molecule has 0 aliphatic carbocycles. The molecule has 5 rings (SSSR count). The van der Waals surface area contributed by atoms with Gasteiger partial charge in [-0.2, -0.15) is 0 Å². The Kier molecular flexibility index (Phi) is 6.25. The summed E-state index contributed by atoms with van der Waals surface area (Å²) < 4.78 is -0.693. The van der Waals surface area contributed by atoms with Gasteiger partial charge in [0, 0.05) is 11.3 Å². The van der Waals surface area contributed by atoms with Crippen LogP contribution < -0.4 is 16.0 Å². The zero-order valence-corrected chi connectivity index (χ0v) is 20.7. The number of thioether (sulfide) groups is 1. The molecular weight excluding hydrogens is 480 g/mol. The molecule has 9 nitrogen and oxygen atoms in total. The van der Waals surface area contributed by atoms with Gasteiger partial charge in [-0.05, 0) is 37.0 Å². The molecular formula is C26H28N4O5S. The van der Waals surface area contributed by atoms with Crippen LogP contribution in [0.4, 0.5) is 0 Å². The fraction of sp³-hybridized carbons (Fsp3) is 0.385. The molecule has 2 fully saturated rings. The second-order valence-electron chi connectivity index (χ2n) is 9.84. The molecule has 5 atom stereocenters. The predicted octanol–water partition coefficient (Wildman–Crippen LogP) is 1.19. The lowest BCUT2D eigenvalue weighted by atomic mass is 9.94. The molecule has 188 valence electrons. The SMILES string of the molecule is CC1(C)S[C@@H]2C(NC(=O)C(NC(=O)C3Cc4ccccc4CN3)c3ccccc3)C(=O)N2[C@H]1C(=O)O. The lowest BCUT2D eigenvalue weighted by Crippen LogP contribution is -2.71. The van der Waals surface area contributed by atoms with Crippen LogP contribution in [0.2, 0.25) is 0 Å². The molecule has 0 aromatic heterocycles. The lowest BCUT2D eigenvalue weighted by Gasteiger charge is -2.44. The van der Waals surface area contributed by atoms with Crippen LogP contribution in [-0.2, 0) is 32.1 Å². The summed E-state index contributed by atoms with van der Waals surface area (Å²) in [5, 5.41) is 18.0. The third-order valence-corrected chi connectivity index (χ3v) is 8.62. The highest BCUT2D eigenvalue weighted by Gasteiger charge is 2.64. The molecule has 2 saturated heterocycles. The van der Waals surface area contributed by atoms with Crippen LogP contribution in [0, 0.1) is 0 Å². The number of carboxylic acids is 1. The topological polar surface area (TPSA) is 128 Å². The monoisotopic (exact) mass is 508 g/mol. The van der Waals surface area contributed by atoms with E-state index in [4.69, 9.17) is 0 Å². The first kappa shape index (κ1) is 24.3. The van der Waals surface area contributed by atoms with Crippen LogP contribution in [0.3, 0.4) is 0 Å². The molecule has 3 heterocycles. The summed E-state index contributed by atoms with van der Waals surface area (Å²) in [7, 11) is 0. The summed E-state index contributed by atoms with van der Waals surface area (Å²) in [4.78, 5) is 52.6. The third-order valence-electron chi connectivity index (χ3n) is 7.05. The van der Waals surface area contributed by atoms with E-state index in [9.17, 15) is 24.3 Å². The number of fused-ring (bicyclic) bond motifs is 2. The van der Waals surface area contributed by atoms with Crippen molar-refractivity contribution in [1.29, 1.82) is 0 Å². The molecule has 0 saturated carbocycles. The average Bonchev–Trinajstić information content (AvgIpc) is 3.13. The van der Waals surface area contributed by atoms with Crippen LogP contribution in [0.1, 0.15) is 36.6 Å². The van der Waals surface area contributed by atoms with Gasteiger partial charge in [0.1, 0.15) is 23.5 Å². The number of carbonyl (C=O) groups excluding carboxylic acids is 3. The second kappa shape index (κ2) is 9.25. The van der Waals surface area contributed by atoms with Crippen LogP contribution >= 0.6 is 11.8 Å². The first-order valence-corrected chi connectivity index (χ1v) is 12.7. The van der Waals surface area contributed by atoms with Crippen molar-refractivity contribution in [2.24, 2.45) is 0 Å². The maximum Gasteiger partial charge on any atom is 0.327 e. The molecule has 36 heavy (non-hydrogen) atoms. The van der Waals surface area contributed by atoms with E-state index in [-0.39, 0.29) is 5.91 Å². The minimum absolute atomic E-state index is 0.308. The highest BCUT2D eigenvalue weighted by Crippen LogP contribution is 2.50. The minimum atomic E-state index is -1.07. The number of aliphatic carboxylic acids is 1. The van der Waals surface area contributed by atoms with E-state index in [1.807, 2.05) is 30.3 Å². The number of nitrogens with zero attached hydrogens (tertiary/aromatic N) is 1. The number of amides is 3. The number of carbonyl (C=O) groups is 4. The molecule has 10 heteroatoms. The summed E-state index contributed by atoms with van der Waals surface area (Å²) in [5.74, 6) is -2.31. The fourth-order valence-corrected chi connectivity index (χ4v) is 6.84. The van der Waals surface area contributed by atoms with E-state index < -0.39 is 52.1 Å². The Bertz CT molecular complexity index is 1220. The number of carboxylic acid groups (broad SMARTS) is 1. The van der Waals surface area contributed by atoms with E-state index in [0.717, 1.165) is 11.1 Å². The number of nitrogens with one attached hydrogen (secondary N) is 3. The fourth-order valence-electron chi connectivity index (χ4n) is 5.21. The summed E-state index contributed by atoms with van der Waals surface area (Å²) in [6.45, 7) is 4.12. The van der Waals surface area contributed by atoms with Crippen molar-refractivity contribution in [1.82, 2.24) is 20.9 Å². The number of hydrogen-bond donors (Lipinski definition) is 4. The average molecular weight is 509 g/mol. The summed E-state index contributed by atoms with van der Waals surface area (Å²) in [5.41, 5.74) is 2.82. The van der Waals surface area contributed by atoms with Gasteiger partial charge in [0.05, 0.1) is 6.04 Å². The maximum atomic E-state index is 13.4. The van der Waals surface area contributed by atoms with Crippen molar-refractivity contribution in [2.45, 2.75) is 61.1 Å². The number of hydrogen-bond acceptors (Lipinski definition) is 6. The van der Waals surface area contributed by atoms with Gasteiger partial charge in [-0.1, -0.05) is 54.6 Å². The van der Waals surface area contributed by atoms with Gasteiger partial charge in [0.15, 0.2) is 0 Å². The molecule has 4 N–H and O–H groups in total. The Morgan fingerprint density at radius 3 is 2.44 bits per heavy atom. The molecule has 0 radical (unpaired) electrons. The van der Waals surface area contributed by atoms with Crippen LogP contribution in [0.5, 0.6) is 0 Å². The van der Waals surface area contributed by atoms with Crippen molar-refractivity contribution < 1.29 is 24.3 Å². The Balaban J connectivity index is 1.31. The molecule has 3 amide bonds. The lowest BCUT2D eigenvalue weighted by molar-refractivity contribution is -0.161. The highest BCUT2D eigenvalue weighted by atomic mass is 32.2. The quantitative estimate of drug-likeness (QED) is 0.432. The van der Waals surface area contributed by atoms with Gasteiger partial charge >= 0.3 is 5.97 Å². The minimum Gasteiger partial charge on any atom is -0.480 e. The molecule has 0 bridgehead atoms. The van der Waals surface area contributed by atoms with Gasteiger partial charge in [-0.15, -0.1) is 11.8 Å². The summed E-state index contributed by atoms with van der Waals surface area (Å²) in [6, 6.07) is 13.5. The third kappa shape index (κ3) is 4.24. The highest BCUT2D eigenvalue weighted by molar-refractivity contribution is 8.01. The van der Waals surface area contributed by atoms with E-state index in [2.05, 4.69) is 16.0 Å². The number of β-lactam (4-membered cyclic amide) rings is 1. The normalized spacial score (nSPS) is 26.7. The molecule has 2 aromatic rings. The van der Waals surface area contributed by atoms with E-state index in [1.165, 1.54) is 16.7 Å². The van der Waals surface area contributed by atoms with E-state index in [1.54, 1.807) is 38.1 Å². The second-order valence-corrected chi connectivity index (χ2v) is 11.6. The molecule has 3 aliphatic heterocycles. The zero-order valence-electron chi connectivity index (χ0n) is 19.9. The summed E-state index contributed by atoms with van der Waals surface area (Å²) in [6.07, 6.45) is 0.506. The van der Waals surface area contributed by atoms with Crippen LogP contribution in [0.25, 0.3) is 0 Å². The van der Waals surface area contributed by atoms with Gasteiger partial charge in [0.25, 0.3) is 0 Å². The first-order chi connectivity index (χ1) is 17.2. The molecule has 3 unspecified atom stereocenters. The largest absolute Gasteiger partial charge is 0.480 e. The Morgan fingerprint density at radius 2 is 1.75 bits per heavy atom. The Morgan fingerprint density at radius 1 is 1.08 bits per heavy atom. The van der Waals surface area contributed by atoms with E-state index >= 15 is 0 Å². The van der Waals surface area contributed by atoms with Gasteiger partial charge in [0.2, 0.25) is 17.7 Å². The van der Waals surface area contributed by atoms with Crippen LogP contribution in [-0.4, -0.2) is 61.9 Å². The molecule has 0 spiro atoms. The number of rotatable bonds is 6. The Labute approximate surface area is 213 Å². The first-order valence-electron chi connectivity index (χ1n) is 11.9. The van der Waals surface area contributed by atoms with Gasteiger partial charge < -0.3 is 26.0 Å². The van der Waals surface area contributed by atoms with Crippen molar-refractivity contribution in [2.75, 3.05) is 0 Å². The van der Waals surface area contributed by atoms with Crippen molar-refractivity contribution in [3.05, 3.63) is 71.3 Å². The van der Waals surface area contributed by atoms with Crippen molar-refractivity contribution >= 4 is 35.5 Å². The van der Waals surface area contributed by atoms with Gasteiger partial charge in [-0.25, -0.2) is 4.79 Å². The summed E-state index contributed by atoms with van der Waals surface area (Å²) >= 11 is 1.36. The van der Waals surface area contributed by atoms with Crippen LogP contribution in [0.15, 0.2) is 54.6 Å². The maximum absolute atomic E-state index is 13.4. The van der Waals surface area contributed by atoms with Crippen molar-refractivity contribution in [3.63, 3.8) is 0 Å². The zero-order chi connectivity index (χ0) is 25.6. The predicted molar refractivity (Wildman–Crippen MR) is 134 cm³/mol. The molecule has 2 aromatic carbocycles. The van der Waals surface area contributed by atoms with Crippen molar-refractivity contribution in [3.8, 4) is 0 Å². The Hall–Kier alpha value is -3.37. The van der Waals surface area contributed by atoms with Gasteiger partial charge in [-0.3, -0.25) is 14.4 Å². The van der Waals surface area contributed by atoms with E-state index in [0.29, 0.717) is 18.5 Å².